The summed E-state index contributed by atoms with van der Waals surface area (Å²) in [7, 11) is 1.58. The summed E-state index contributed by atoms with van der Waals surface area (Å²) < 4.78 is 18.5. The number of imidazole rings is 1. The van der Waals surface area contributed by atoms with E-state index in [1.165, 1.54) is 12.7 Å². The smallest absolute Gasteiger partial charge is 0.256 e. The Hall–Kier alpha value is -2.96. The lowest BCUT2D eigenvalue weighted by Crippen LogP contribution is -2.43. The number of methoxy groups -OCH3 is 1. The first-order valence-electron chi connectivity index (χ1n) is 9.80. The van der Waals surface area contributed by atoms with Crippen molar-refractivity contribution in [3.8, 4) is 0 Å². The number of nitrogens with one attached hydrogen (secondary N) is 1. The number of amides is 1. The molecule has 1 saturated heterocycles. The van der Waals surface area contributed by atoms with Gasteiger partial charge >= 0.3 is 0 Å². The molecule has 0 saturated carbocycles. The Morgan fingerprint density at radius 3 is 2.81 bits per heavy atom. The largest absolute Gasteiger partial charge is 0.394 e. The van der Waals surface area contributed by atoms with Crippen LogP contribution in [0, 0.1) is 0 Å². The van der Waals surface area contributed by atoms with Gasteiger partial charge in [-0.25, -0.2) is 15.0 Å². The van der Waals surface area contributed by atoms with Crippen LogP contribution >= 0.6 is 0 Å². The molecule has 0 aliphatic carbocycles. The van der Waals surface area contributed by atoms with Crippen LogP contribution in [0.2, 0.25) is 0 Å². The molecule has 0 spiro atoms. The number of fused-ring (bicyclic) bond motifs is 1. The van der Waals surface area contributed by atoms with Crippen LogP contribution < -0.4 is 11.1 Å². The second-order valence-electron chi connectivity index (χ2n) is 7.02. The van der Waals surface area contributed by atoms with Crippen LogP contribution in [0.15, 0.2) is 43.0 Å². The fourth-order valence-electron chi connectivity index (χ4n) is 3.50. The summed E-state index contributed by atoms with van der Waals surface area (Å²) in [6.45, 7) is 0.455. The molecule has 0 bridgehead atoms. The zero-order chi connectivity index (χ0) is 21.8. The molecule has 4 N–H and O–H groups in total. The monoisotopic (exact) mass is 428 g/mol. The summed E-state index contributed by atoms with van der Waals surface area (Å²) in [6.07, 6.45) is 1.04. The van der Waals surface area contributed by atoms with Gasteiger partial charge in [0.25, 0.3) is 5.91 Å². The zero-order valence-corrected chi connectivity index (χ0v) is 16.9. The molecule has 11 heteroatoms. The summed E-state index contributed by atoms with van der Waals surface area (Å²) in [5.74, 6) is -0.0362. The third-order valence-electron chi connectivity index (χ3n) is 5.08. The number of carbonyl (C=O) groups is 1. The van der Waals surface area contributed by atoms with E-state index in [-0.39, 0.29) is 18.3 Å². The zero-order valence-electron chi connectivity index (χ0n) is 16.9. The highest BCUT2D eigenvalue weighted by atomic mass is 16.6. The summed E-state index contributed by atoms with van der Waals surface area (Å²) in [6, 6.07) is 8.25. The van der Waals surface area contributed by atoms with Gasteiger partial charge < -0.3 is 30.4 Å². The van der Waals surface area contributed by atoms with Crippen molar-refractivity contribution in [2.75, 3.05) is 32.2 Å². The van der Waals surface area contributed by atoms with E-state index in [0.717, 1.165) is 0 Å². The maximum Gasteiger partial charge on any atom is 0.256 e. The molecule has 2 aromatic heterocycles. The molecule has 1 amide bonds. The summed E-state index contributed by atoms with van der Waals surface area (Å²) in [5, 5.41) is 12.4. The molecule has 3 heterocycles. The summed E-state index contributed by atoms with van der Waals surface area (Å²) in [5.41, 5.74) is 7.57. The summed E-state index contributed by atoms with van der Waals surface area (Å²) in [4.78, 5) is 25.4. The minimum atomic E-state index is -0.665. The fourth-order valence-corrected chi connectivity index (χ4v) is 3.50. The van der Waals surface area contributed by atoms with E-state index in [9.17, 15) is 9.90 Å². The van der Waals surface area contributed by atoms with Gasteiger partial charge in [-0.3, -0.25) is 9.36 Å². The maximum absolute atomic E-state index is 12.5. The molecule has 1 fully saturated rings. The average Bonchev–Trinajstić information content (AvgIpc) is 3.36. The van der Waals surface area contributed by atoms with Crippen molar-refractivity contribution in [3.63, 3.8) is 0 Å². The van der Waals surface area contributed by atoms with Gasteiger partial charge in [0.2, 0.25) is 0 Å². The first kappa shape index (κ1) is 21.3. The molecular formula is C20H24N6O5. The van der Waals surface area contributed by atoms with Gasteiger partial charge in [-0.05, 0) is 12.1 Å². The normalized spacial score (nSPS) is 23.3. The van der Waals surface area contributed by atoms with Crippen molar-refractivity contribution in [3.05, 3.63) is 48.5 Å². The van der Waals surface area contributed by atoms with Crippen LogP contribution in [0.1, 0.15) is 16.6 Å². The number of nitrogens with zero attached hydrogens (tertiary/aromatic N) is 4. The number of ether oxygens (including phenoxy) is 3. The number of anilines is 1. The lowest BCUT2D eigenvalue weighted by atomic mass is 10.1. The molecule has 4 atom stereocenters. The molecule has 4 rings (SSSR count). The third kappa shape index (κ3) is 4.27. The molecule has 0 unspecified atom stereocenters. The number of aromatic nitrogens is 4. The van der Waals surface area contributed by atoms with Crippen LogP contribution in [0.4, 0.5) is 5.82 Å². The van der Waals surface area contributed by atoms with Crippen LogP contribution in [0.25, 0.3) is 11.2 Å². The lowest BCUT2D eigenvalue weighted by Gasteiger charge is -2.22. The van der Waals surface area contributed by atoms with Crippen molar-refractivity contribution < 1.29 is 24.1 Å². The number of hydrogen-bond acceptors (Lipinski definition) is 9. The Morgan fingerprint density at radius 1 is 1.26 bits per heavy atom. The number of aliphatic hydroxyl groups is 1. The van der Waals surface area contributed by atoms with E-state index in [4.69, 9.17) is 19.9 Å². The van der Waals surface area contributed by atoms with Crippen molar-refractivity contribution >= 4 is 22.9 Å². The second-order valence-corrected chi connectivity index (χ2v) is 7.02. The predicted molar refractivity (Wildman–Crippen MR) is 110 cm³/mol. The molecule has 1 aromatic carbocycles. The topological polar surface area (TPSA) is 147 Å². The highest BCUT2D eigenvalue weighted by molar-refractivity contribution is 6.06. The van der Waals surface area contributed by atoms with Crippen LogP contribution in [-0.2, 0) is 14.2 Å². The van der Waals surface area contributed by atoms with E-state index < -0.39 is 24.5 Å². The van der Waals surface area contributed by atoms with Crippen LogP contribution in [0.3, 0.4) is 0 Å². The van der Waals surface area contributed by atoms with E-state index >= 15 is 0 Å². The predicted octanol–water partition coefficient (Wildman–Crippen LogP) is 0.327. The van der Waals surface area contributed by atoms with E-state index in [1.807, 2.05) is 6.07 Å². The number of carbonyl (C=O) groups excluding carboxylic acids is 1. The van der Waals surface area contributed by atoms with Gasteiger partial charge in [-0.15, -0.1) is 0 Å². The van der Waals surface area contributed by atoms with Gasteiger partial charge in [-0.2, -0.15) is 0 Å². The Kier molecular flexibility index (Phi) is 6.49. The molecule has 31 heavy (non-hydrogen) atoms. The standard InChI is InChI=1S/C20H24N6O5/c1-29-7-8-30-16-14(21)13(9-27)31-20(16)26-11-24-15-17(22-10-23-18(15)26)25-19(28)12-5-3-2-4-6-12/h2-6,10-11,13-14,16,20,27H,7-9,21H2,1H3,(H,22,23,25,28)/t13-,14-,16-,20-/m1/s1. The van der Waals surface area contributed by atoms with Crippen molar-refractivity contribution in [2.24, 2.45) is 5.73 Å². The van der Waals surface area contributed by atoms with E-state index in [0.29, 0.717) is 29.9 Å². The lowest BCUT2D eigenvalue weighted by molar-refractivity contribution is -0.0752. The Balaban J connectivity index is 1.62. The van der Waals surface area contributed by atoms with E-state index in [2.05, 4.69) is 20.3 Å². The van der Waals surface area contributed by atoms with Gasteiger partial charge in [0, 0.05) is 12.7 Å². The molecule has 1 aliphatic rings. The second kappa shape index (κ2) is 9.45. The minimum Gasteiger partial charge on any atom is -0.394 e. The first-order chi connectivity index (χ1) is 15.1. The Bertz CT molecular complexity index is 1030. The molecule has 164 valence electrons. The number of hydrogen-bond donors (Lipinski definition) is 3. The molecule has 3 aromatic rings. The fraction of sp³-hybridized carbons (Fsp3) is 0.400. The molecular weight excluding hydrogens is 404 g/mol. The number of benzene rings is 1. The van der Waals surface area contributed by atoms with E-state index in [1.54, 1.807) is 35.9 Å². The maximum atomic E-state index is 12.5. The van der Waals surface area contributed by atoms with Crippen molar-refractivity contribution in [2.45, 2.75) is 24.5 Å². The number of aliphatic hydroxyl groups excluding tert-OH is 1. The molecule has 11 nitrogen and oxygen atoms in total. The SMILES string of the molecule is COCCO[C@@H]1[C@H](N)[C@@H](CO)O[C@H]1n1cnc2c(NC(=O)c3ccccc3)ncnc21. The number of nitrogens with two attached hydrogens (primary N) is 1. The quantitative estimate of drug-likeness (QED) is 0.432. The third-order valence-corrected chi connectivity index (χ3v) is 5.08. The van der Waals surface area contributed by atoms with Crippen molar-refractivity contribution in [1.82, 2.24) is 19.5 Å². The highest BCUT2D eigenvalue weighted by Crippen LogP contribution is 2.33. The average molecular weight is 428 g/mol. The van der Waals surface area contributed by atoms with Gasteiger partial charge in [0.05, 0.1) is 32.2 Å². The highest BCUT2D eigenvalue weighted by Gasteiger charge is 2.44. The van der Waals surface area contributed by atoms with Crippen LogP contribution in [-0.4, -0.2) is 75.7 Å². The van der Waals surface area contributed by atoms with Gasteiger partial charge in [-0.1, -0.05) is 18.2 Å². The minimum absolute atomic E-state index is 0.248. The Labute approximate surface area is 178 Å². The number of rotatable bonds is 8. The first-order valence-corrected chi connectivity index (χ1v) is 9.80. The molecule has 0 radical (unpaired) electrons. The van der Waals surface area contributed by atoms with Gasteiger partial charge in [0.15, 0.2) is 23.2 Å². The summed E-state index contributed by atoms with van der Waals surface area (Å²) >= 11 is 0. The Morgan fingerprint density at radius 2 is 2.06 bits per heavy atom. The van der Waals surface area contributed by atoms with Crippen molar-refractivity contribution in [1.29, 1.82) is 0 Å². The molecule has 1 aliphatic heterocycles. The van der Waals surface area contributed by atoms with Gasteiger partial charge in [0.1, 0.15) is 18.5 Å². The van der Waals surface area contributed by atoms with Crippen LogP contribution in [0.5, 0.6) is 0 Å².